The third-order valence-electron chi connectivity index (χ3n) is 4.44. The third kappa shape index (κ3) is 4.86. The molecule has 1 aliphatic rings. The molecule has 0 aliphatic carbocycles. The molecule has 0 bridgehead atoms. The summed E-state index contributed by atoms with van der Waals surface area (Å²) in [4.78, 5) is 26.6. The first-order valence-electron chi connectivity index (χ1n) is 9.36. The highest BCUT2D eigenvalue weighted by molar-refractivity contribution is 8.18. The molecule has 0 unspecified atom stereocenters. The Morgan fingerprint density at radius 3 is 2.53 bits per heavy atom. The van der Waals surface area contributed by atoms with Crippen LogP contribution in [-0.4, -0.2) is 43.4 Å². The number of imide groups is 1. The number of allylic oxidation sites excluding steroid dienone is 1. The lowest BCUT2D eigenvalue weighted by Gasteiger charge is -2.14. The summed E-state index contributed by atoms with van der Waals surface area (Å²) in [6.07, 6.45) is 4.04. The number of nitrogens with zero attached hydrogens (tertiary/aromatic N) is 1. The number of ether oxygens (including phenoxy) is 3. The molecule has 2 aromatic rings. The fourth-order valence-corrected chi connectivity index (χ4v) is 3.94. The first kappa shape index (κ1) is 21.5. The van der Waals surface area contributed by atoms with Gasteiger partial charge < -0.3 is 14.2 Å². The number of hydrogen-bond donors (Lipinski definition) is 0. The van der Waals surface area contributed by atoms with E-state index in [9.17, 15) is 9.59 Å². The molecule has 0 radical (unpaired) electrons. The van der Waals surface area contributed by atoms with Gasteiger partial charge in [-0.2, -0.15) is 0 Å². The highest BCUT2D eigenvalue weighted by Gasteiger charge is 2.34. The van der Waals surface area contributed by atoms with Gasteiger partial charge in [-0.1, -0.05) is 24.3 Å². The minimum atomic E-state index is -0.332. The fourth-order valence-electron chi connectivity index (χ4n) is 3.07. The number of methoxy groups -OCH3 is 2. The summed E-state index contributed by atoms with van der Waals surface area (Å²) in [5.41, 5.74) is 1.63. The quantitative estimate of drug-likeness (QED) is 0.434. The zero-order valence-electron chi connectivity index (χ0n) is 16.9. The van der Waals surface area contributed by atoms with Gasteiger partial charge in [0.1, 0.15) is 12.4 Å². The second kappa shape index (κ2) is 10.0. The molecule has 3 rings (SSSR count). The third-order valence-corrected chi connectivity index (χ3v) is 5.35. The van der Waals surface area contributed by atoms with E-state index < -0.39 is 0 Å². The predicted molar refractivity (Wildman–Crippen MR) is 118 cm³/mol. The summed E-state index contributed by atoms with van der Waals surface area (Å²) in [5.74, 6) is 1.54. The van der Waals surface area contributed by atoms with Crippen molar-refractivity contribution in [1.82, 2.24) is 4.90 Å². The average Bonchev–Trinajstić information content (AvgIpc) is 3.01. The molecule has 0 saturated carbocycles. The van der Waals surface area contributed by atoms with Gasteiger partial charge in [0, 0.05) is 5.56 Å². The molecule has 156 valence electrons. The normalized spacial score (nSPS) is 14.9. The molecule has 0 spiro atoms. The molecule has 1 fully saturated rings. The van der Waals surface area contributed by atoms with Crippen LogP contribution in [0, 0.1) is 0 Å². The first-order valence-corrected chi connectivity index (χ1v) is 10.2. The van der Waals surface area contributed by atoms with Crippen molar-refractivity contribution in [2.24, 2.45) is 0 Å². The van der Waals surface area contributed by atoms with Crippen LogP contribution >= 0.6 is 11.8 Å². The van der Waals surface area contributed by atoms with Crippen molar-refractivity contribution in [1.29, 1.82) is 0 Å². The predicted octanol–water partition coefficient (Wildman–Crippen LogP) is 4.55. The molecule has 2 amide bonds. The SMILES string of the molecule is C=CCc1cc(/C=C2\SC(=O)N(CCOc3ccccc3)C2=O)cc(OC)c1OC. The minimum absolute atomic E-state index is 0.185. The van der Waals surface area contributed by atoms with E-state index in [1.165, 1.54) is 4.90 Å². The molecule has 30 heavy (non-hydrogen) atoms. The van der Waals surface area contributed by atoms with E-state index in [0.717, 1.165) is 22.9 Å². The number of para-hydroxylation sites is 1. The van der Waals surface area contributed by atoms with Crippen LogP contribution in [0.4, 0.5) is 4.79 Å². The number of carbonyl (C=O) groups excluding carboxylic acids is 2. The van der Waals surface area contributed by atoms with Crippen LogP contribution in [0.1, 0.15) is 11.1 Å². The lowest BCUT2D eigenvalue weighted by atomic mass is 10.0. The van der Waals surface area contributed by atoms with Crippen LogP contribution in [-0.2, 0) is 11.2 Å². The maximum absolute atomic E-state index is 12.7. The lowest BCUT2D eigenvalue weighted by molar-refractivity contribution is -0.123. The van der Waals surface area contributed by atoms with Crippen molar-refractivity contribution in [3.8, 4) is 17.2 Å². The largest absolute Gasteiger partial charge is 0.493 e. The Morgan fingerprint density at radius 1 is 1.10 bits per heavy atom. The molecule has 1 heterocycles. The molecule has 7 heteroatoms. The molecule has 1 saturated heterocycles. The monoisotopic (exact) mass is 425 g/mol. The number of rotatable bonds is 9. The molecule has 0 N–H and O–H groups in total. The summed E-state index contributed by atoms with van der Waals surface area (Å²) in [6.45, 7) is 4.19. The van der Waals surface area contributed by atoms with Gasteiger partial charge in [0.25, 0.3) is 11.1 Å². The van der Waals surface area contributed by atoms with E-state index in [-0.39, 0.29) is 24.3 Å². The van der Waals surface area contributed by atoms with Gasteiger partial charge in [-0.15, -0.1) is 6.58 Å². The molecule has 2 aromatic carbocycles. The van der Waals surface area contributed by atoms with E-state index in [1.807, 2.05) is 36.4 Å². The van der Waals surface area contributed by atoms with E-state index in [2.05, 4.69) is 6.58 Å². The van der Waals surface area contributed by atoms with Crippen molar-refractivity contribution < 1.29 is 23.8 Å². The van der Waals surface area contributed by atoms with Gasteiger partial charge in [-0.3, -0.25) is 14.5 Å². The second-order valence-electron chi connectivity index (χ2n) is 6.40. The summed E-state index contributed by atoms with van der Waals surface area (Å²) in [6, 6.07) is 12.9. The van der Waals surface area contributed by atoms with Crippen molar-refractivity contribution in [2.45, 2.75) is 6.42 Å². The van der Waals surface area contributed by atoms with Crippen LogP contribution in [0.25, 0.3) is 6.08 Å². The van der Waals surface area contributed by atoms with Gasteiger partial charge in [0.05, 0.1) is 25.7 Å². The number of carbonyl (C=O) groups is 2. The van der Waals surface area contributed by atoms with Crippen LogP contribution in [0.2, 0.25) is 0 Å². The second-order valence-corrected chi connectivity index (χ2v) is 7.40. The van der Waals surface area contributed by atoms with Gasteiger partial charge in [0.15, 0.2) is 11.5 Å². The van der Waals surface area contributed by atoms with Crippen LogP contribution in [0.15, 0.2) is 60.0 Å². The zero-order valence-corrected chi connectivity index (χ0v) is 17.7. The van der Waals surface area contributed by atoms with E-state index in [1.54, 1.807) is 32.4 Å². The summed E-state index contributed by atoms with van der Waals surface area (Å²) in [5, 5.41) is -0.310. The highest BCUT2D eigenvalue weighted by Crippen LogP contribution is 2.36. The van der Waals surface area contributed by atoms with Crippen molar-refractivity contribution >= 4 is 29.0 Å². The fraction of sp³-hybridized carbons (Fsp3) is 0.217. The summed E-state index contributed by atoms with van der Waals surface area (Å²) in [7, 11) is 3.13. The van der Waals surface area contributed by atoms with E-state index in [4.69, 9.17) is 14.2 Å². The topological polar surface area (TPSA) is 65.1 Å². The molecule has 1 aliphatic heterocycles. The molecule has 0 aromatic heterocycles. The maximum atomic E-state index is 12.7. The van der Waals surface area contributed by atoms with Gasteiger partial charge in [0.2, 0.25) is 0 Å². The van der Waals surface area contributed by atoms with Crippen molar-refractivity contribution in [3.63, 3.8) is 0 Å². The number of benzene rings is 2. The Bertz CT molecular complexity index is 971. The smallest absolute Gasteiger partial charge is 0.293 e. The van der Waals surface area contributed by atoms with E-state index in [0.29, 0.717) is 28.6 Å². The van der Waals surface area contributed by atoms with E-state index >= 15 is 0 Å². The highest BCUT2D eigenvalue weighted by atomic mass is 32.2. The maximum Gasteiger partial charge on any atom is 0.293 e. The average molecular weight is 426 g/mol. The van der Waals surface area contributed by atoms with Crippen LogP contribution in [0.5, 0.6) is 17.2 Å². The molecular formula is C23H23NO5S. The lowest BCUT2D eigenvalue weighted by Crippen LogP contribution is -2.32. The van der Waals surface area contributed by atoms with Gasteiger partial charge in [-0.25, -0.2) is 0 Å². The Kier molecular flexibility index (Phi) is 7.19. The number of amides is 2. The molecule has 6 nitrogen and oxygen atoms in total. The number of hydrogen-bond acceptors (Lipinski definition) is 6. The van der Waals surface area contributed by atoms with Crippen LogP contribution in [0.3, 0.4) is 0 Å². The molecular weight excluding hydrogens is 402 g/mol. The minimum Gasteiger partial charge on any atom is -0.493 e. The summed E-state index contributed by atoms with van der Waals surface area (Å²) >= 11 is 0.916. The number of thioether (sulfide) groups is 1. The standard InChI is InChI=1S/C23H23NO5S/c1-4-8-17-13-16(14-19(27-2)21(17)28-3)15-20-22(25)24(23(26)30-20)11-12-29-18-9-6-5-7-10-18/h4-7,9-10,13-15H,1,8,11-12H2,2-3H3/b20-15-. The van der Waals surface area contributed by atoms with Crippen molar-refractivity contribution in [3.05, 3.63) is 71.2 Å². The van der Waals surface area contributed by atoms with Gasteiger partial charge in [-0.05, 0) is 54.1 Å². The Hall–Kier alpha value is -3.19. The molecule has 0 atom stereocenters. The summed E-state index contributed by atoms with van der Waals surface area (Å²) < 4.78 is 16.5. The van der Waals surface area contributed by atoms with Crippen LogP contribution < -0.4 is 14.2 Å². The Balaban J connectivity index is 1.76. The zero-order chi connectivity index (χ0) is 21.5. The first-order chi connectivity index (χ1) is 14.6. The Labute approximate surface area is 180 Å². The van der Waals surface area contributed by atoms with Gasteiger partial charge >= 0.3 is 0 Å². The Morgan fingerprint density at radius 2 is 1.87 bits per heavy atom. The van der Waals surface area contributed by atoms with Crippen molar-refractivity contribution in [2.75, 3.05) is 27.4 Å².